The third-order valence-corrected chi connectivity index (χ3v) is 8.50. The van der Waals surface area contributed by atoms with E-state index in [0.717, 1.165) is 50.4 Å². The molecule has 4 rings (SSSR count). The van der Waals surface area contributed by atoms with Crippen LogP contribution in [0.25, 0.3) is 0 Å². The van der Waals surface area contributed by atoms with Crippen molar-refractivity contribution in [1.29, 1.82) is 0 Å². The van der Waals surface area contributed by atoms with E-state index in [-0.39, 0.29) is 17.0 Å². The molecule has 0 bridgehead atoms. The molecule has 0 heterocycles. The van der Waals surface area contributed by atoms with Gasteiger partial charge in [-0.1, -0.05) is 19.4 Å². The van der Waals surface area contributed by atoms with E-state index in [9.17, 15) is 9.59 Å². The van der Waals surface area contributed by atoms with Gasteiger partial charge in [-0.25, -0.2) is 0 Å². The van der Waals surface area contributed by atoms with Gasteiger partial charge >= 0.3 is 5.97 Å². The van der Waals surface area contributed by atoms with E-state index >= 15 is 0 Å². The molecule has 3 saturated carbocycles. The van der Waals surface area contributed by atoms with Crippen LogP contribution in [0, 0.1) is 29.1 Å². The zero-order valence-electron chi connectivity index (χ0n) is 16.0. The van der Waals surface area contributed by atoms with Crippen LogP contribution in [0.4, 0.5) is 0 Å². The summed E-state index contributed by atoms with van der Waals surface area (Å²) in [6.07, 6.45) is 11.7. The predicted octanol–water partition coefficient (Wildman–Crippen LogP) is 4.84. The topological polar surface area (TPSA) is 43.4 Å². The summed E-state index contributed by atoms with van der Waals surface area (Å²) in [6.45, 7) is 6.16. The number of carbonyl (C=O) groups excluding carboxylic acids is 2. The lowest BCUT2D eigenvalue weighted by Gasteiger charge is -2.56. The highest BCUT2D eigenvalue weighted by molar-refractivity contribution is 5.91. The Morgan fingerprint density at radius 2 is 1.96 bits per heavy atom. The first-order chi connectivity index (χ1) is 11.9. The minimum Gasteiger partial charge on any atom is -0.459 e. The lowest BCUT2D eigenvalue weighted by molar-refractivity contribution is -0.181. The van der Waals surface area contributed by atoms with Gasteiger partial charge in [0.15, 0.2) is 5.78 Å². The summed E-state index contributed by atoms with van der Waals surface area (Å²) in [4.78, 5) is 23.6. The third kappa shape index (κ3) is 2.44. The van der Waals surface area contributed by atoms with Crippen molar-refractivity contribution >= 4 is 11.8 Å². The lowest BCUT2D eigenvalue weighted by atomic mass is 9.50. The highest BCUT2D eigenvalue weighted by Crippen LogP contribution is 2.66. The summed E-state index contributed by atoms with van der Waals surface area (Å²) >= 11 is 0. The number of rotatable bonds is 2. The first kappa shape index (κ1) is 17.3. The number of fused-ring (bicyclic) bond motifs is 5. The fourth-order valence-electron chi connectivity index (χ4n) is 7.37. The molecule has 25 heavy (non-hydrogen) atoms. The summed E-state index contributed by atoms with van der Waals surface area (Å²) in [5.41, 5.74) is 1.31. The van der Waals surface area contributed by atoms with Gasteiger partial charge in [-0.15, -0.1) is 0 Å². The highest BCUT2D eigenvalue weighted by Gasteiger charge is 2.63. The number of ketones is 1. The van der Waals surface area contributed by atoms with Crippen LogP contribution in [-0.4, -0.2) is 17.4 Å². The monoisotopic (exact) mass is 344 g/mol. The van der Waals surface area contributed by atoms with E-state index in [0.29, 0.717) is 17.6 Å². The fraction of sp³-hybridized carbons (Fsp3) is 0.818. The van der Waals surface area contributed by atoms with Crippen molar-refractivity contribution in [3.63, 3.8) is 0 Å². The SMILES string of the molecule is CC[C@@]1(OC(C)=O)CC[C@H]2[C@@H]3CCC4=CC(=O)CC[C@@H]4[C@H]3CC[C@@]21C. The molecule has 0 saturated heterocycles. The molecule has 138 valence electrons. The Hall–Kier alpha value is -1.12. The quantitative estimate of drug-likeness (QED) is 0.673. The van der Waals surface area contributed by atoms with E-state index in [1.165, 1.54) is 24.8 Å². The second-order valence-electron chi connectivity index (χ2n) is 9.24. The van der Waals surface area contributed by atoms with Gasteiger partial charge in [0.25, 0.3) is 0 Å². The number of allylic oxidation sites excluding steroid dienone is 1. The minimum atomic E-state index is -0.257. The number of esters is 1. The molecule has 0 amide bonds. The summed E-state index contributed by atoms with van der Waals surface area (Å²) in [5.74, 6) is 3.03. The molecule has 3 nitrogen and oxygen atoms in total. The van der Waals surface area contributed by atoms with Crippen molar-refractivity contribution in [2.24, 2.45) is 29.1 Å². The summed E-state index contributed by atoms with van der Waals surface area (Å²) in [7, 11) is 0. The van der Waals surface area contributed by atoms with Gasteiger partial charge in [-0.3, -0.25) is 9.59 Å². The molecule has 4 aliphatic carbocycles. The Morgan fingerprint density at radius 3 is 2.68 bits per heavy atom. The smallest absolute Gasteiger partial charge is 0.303 e. The number of carbonyl (C=O) groups is 2. The Labute approximate surface area is 151 Å². The molecule has 3 fully saturated rings. The molecular formula is C22H32O3. The maximum Gasteiger partial charge on any atom is 0.303 e. The van der Waals surface area contributed by atoms with Crippen molar-refractivity contribution in [2.45, 2.75) is 84.2 Å². The Bertz CT molecular complexity index is 621. The molecule has 4 aliphatic rings. The Morgan fingerprint density at radius 1 is 1.16 bits per heavy atom. The van der Waals surface area contributed by atoms with Crippen LogP contribution in [0.2, 0.25) is 0 Å². The Kier molecular flexibility index (Phi) is 4.12. The van der Waals surface area contributed by atoms with E-state index in [1.54, 1.807) is 6.92 Å². The van der Waals surface area contributed by atoms with Gasteiger partial charge < -0.3 is 4.74 Å². The fourth-order valence-corrected chi connectivity index (χ4v) is 7.37. The molecule has 0 aromatic heterocycles. The standard InChI is InChI=1S/C22H32O3/c1-4-22(25-14(2)23)12-10-20-19-7-5-15-13-16(24)6-8-17(15)18(19)9-11-21(20,22)3/h13,17-20H,4-12H2,1-3H3/t17-,18+,19+,20-,21-,22+/m0/s1. The van der Waals surface area contributed by atoms with Gasteiger partial charge in [0.05, 0.1) is 0 Å². The van der Waals surface area contributed by atoms with Crippen LogP contribution in [0.5, 0.6) is 0 Å². The van der Waals surface area contributed by atoms with E-state index < -0.39 is 0 Å². The lowest BCUT2D eigenvalue weighted by Crippen LogP contribution is -2.54. The molecule has 3 heteroatoms. The first-order valence-corrected chi connectivity index (χ1v) is 10.3. The van der Waals surface area contributed by atoms with Crippen LogP contribution >= 0.6 is 0 Å². The zero-order chi connectivity index (χ0) is 17.8. The van der Waals surface area contributed by atoms with Crippen LogP contribution in [-0.2, 0) is 14.3 Å². The maximum absolute atomic E-state index is 11.8. The average molecular weight is 344 g/mol. The van der Waals surface area contributed by atoms with E-state index in [4.69, 9.17) is 4.74 Å². The molecule has 0 aromatic carbocycles. The Balaban J connectivity index is 1.63. The van der Waals surface area contributed by atoms with Crippen LogP contribution in [0.3, 0.4) is 0 Å². The van der Waals surface area contributed by atoms with Gasteiger partial charge in [0, 0.05) is 18.8 Å². The van der Waals surface area contributed by atoms with Crippen LogP contribution < -0.4 is 0 Å². The minimum absolute atomic E-state index is 0.120. The number of hydrogen-bond acceptors (Lipinski definition) is 3. The summed E-state index contributed by atoms with van der Waals surface area (Å²) < 4.78 is 6.03. The second-order valence-corrected chi connectivity index (χ2v) is 9.24. The largest absolute Gasteiger partial charge is 0.459 e. The number of hydrogen-bond donors (Lipinski definition) is 0. The first-order valence-electron chi connectivity index (χ1n) is 10.3. The summed E-state index contributed by atoms with van der Waals surface area (Å²) in [5, 5.41) is 0. The van der Waals surface area contributed by atoms with Crippen molar-refractivity contribution < 1.29 is 14.3 Å². The summed E-state index contributed by atoms with van der Waals surface area (Å²) in [6, 6.07) is 0. The van der Waals surface area contributed by atoms with Crippen LogP contribution in [0.15, 0.2) is 11.6 Å². The highest BCUT2D eigenvalue weighted by atomic mass is 16.6. The van der Waals surface area contributed by atoms with Crippen molar-refractivity contribution in [1.82, 2.24) is 0 Å². The van der Waals surface area contributed by atoms with Crippen molar-refractivity contribution in [3.05, 3.63) is 11.6 Å². The normalized spacial score (nSPS) is 45.9. The van der Waals surface area contributed by atoms with E-state index in [1.807, 2.05) is 6.08 Å². The molecule has 0 aliphatic heterocycles. The van der Waals surface area contributed by atoms with Crippen molar-refractivity contribution in [2.75, 3.05) is 0 Å². The van der Waals surface area contributed by atoms with Crippen LogP contribution in [0.1, 0.15) is 78.6 Å². The second kappa shape index (κ2) is 5.96. The maximum atomic E-state index is 11.8. The average Bonchev–Trinajstić information content (AvgIpc) is 2.87. The molecule has 0 spiro atoms. The molecule has 0 unspecified atom stereocenters. The molecular weight excluding hydrogens is 312 g/mol. The molecule has 6 atom stereocenters. The zero-order valence-corrected chi connectivity index (χ0v) is 16.0. The van der Waals surface area contributed by atoms with Crippen molar-refractivity contribution in [3.8, 4) is 0 Å². The molecule has 0 aromatic rings. The van der Waals surface area contributed by atoms with E-state index in [2.05, 4.69) is 13.8 Å². The van der Waals surface area contributed by atoms with Gasteiger partial charge in [-0.05, 0) is 81.1 Å². The third-order valence-electron chi connectivity index (χ3n) is 8.50. The van der Waals surface area contributed by atoms with Gasteiger partial charge in [-0.2, -0.15) is 0 Å². The van der Waals surface area contributed by atoms with Gasteiger partial charge in [0.1, 0.15) is 5.60 Å². The number of ether oxygens (including phenoxy) is 1. The molecule has 0 N–H and O–H groups in total. The predicted molar refractivity (Wildman–Crippen MR) is 96.9 cm³/mol. The molecule has 0 radical (unpaired) electrons. The van der Waals surface area contributed by atoms with Gasteiger partial charge in [0.2, 0.25) is 0 Å².